The third-order valence-electron chi connectivity index (χ3n) is 6.06. The number of hydrogen-bond acceptors (Lipinski definition) is 5. The summed E-state index contributed by atoms with van der Waals surface area (Å²) < 4.78 is 41.8. The molecule has 2 aliphatic heterocycles. The topological polar surface area (TPSA) is 59.1 Å². The SMILES string of the molecule is Cc1c(Cl)cccc1N1C(=O)[C@H]2[C@H](ON(c3ccccc3)[C@H]2c2ccc(OC(F)(F)F)cc2)C1=O. The van der Waals surface area contributed by atoms with Gasteiger partial charge in [-0.1, -0.05) is 48.0 Å². The molecule has 2 fully saturated rings. The molecule has 2 aliphatic rings. The molecule has 0 radical (unpaired) electrons. The van der Waals surface area contributed by atoms with Crippen molar-refractivity contribution in [1.82, 2.24) is 0 Å². The Morgan fingerprint density at radius 3 is 2.26 bits per heavy atom. The van der Waals surface area contributed by atoms with E-state index in [-0.39, 0.29) is 0 Å². The van der Waals surface area contributed by atoms with E-state index in [1.165, 1.54) is 29.3 Å². The van der Waals surface area contributed by atoms with Gasteiger partial charge in [-0.05, 0) is 54.4 Å². The molecule has 10 heteroatoms. The molecule has 2 saturated heterocycles. The molecular weight excluding hydrogens is 485 g/mol. The summed E-state index contributed by atoms with van der Waals surface area (Å²) in [5.41, 5.74) is 2.01. The van der Waals surface area contributed by atoms with Crippen LogP contribution >= 0.6 is 11.6 Å². The van der Waals surface area contributed by atoms with Crippen molar-refractivity contribution in [3.63, 3.8) is 0 Å². The van der Waals surface area contributed by atoms with E-state index in [9.17, 15) is 22.8 Å². The fourth-order valence-electron chi connectivity index (χ4n) is 4.49. The molecule has 3 aromatic carbocycles. The van der Waals surface area contributed by atoms with Crippen LogP contribution in [0, 0.1) is 12.8 Å². The lowest BCUT2D eigenvalue weighted by atomic mass is 9.90. The minimum Gasteiger partial charge on any atom is -0.406 e. The second-order valence-corrected chi connectivity index (χ2v) is 8.58. The van der Waals surface area contributed by atoms with Crippen LogP contribution in [0.5, 0.6) is 5.75 Å². The Kier molecular flexibility index (Phi) is 5.69. The van der Waals surface area contributed by atoms with Crippen molar-refractivity contribution in [3.8, 4) is 5.75 Å². The first-order valence-corrected chi connectivity index (χ1v) is 11.0. The van der Waals surface area contributed by atoms with Crippen molar-refractivity contribution in [2.75, 3.05) is 9.96 Å². The number of fused-ring (bicyclic) bond motifs is 1. The highest BCUT2D eigenvalue weighted by Gasteiger charge is 2.60. The Hall–Kier alpha value is -3.56. The van der Waals surface area contributed by atoms with Gasteiger partial charge >= 0.3 is 6.36 Å². The van der Waals surface area contributed by atoms with E-state index in [4.69, 9.17) is 16.4 Å². The highest BCUT2D eigenvalue weighted by molar-refractivity contribution is 6.32. The molecule has 35 heavy (non-hydrogen) atoms. The zero-order chi connectivity index (χ0) is 24.9. The number of para-hydroxylation sites is 1. The fraction of sp³-hybridized carbons (Fsp3) is 0.200. The van der Waals surface area contributed by atoms with E-state index in [1.807, 2.05) is 0 Å². The first-order valence-electron chi connectivity index (χ1n) is 10.7. The van der Waals surface area contributed by atoms with Crippen molar-refractivity contribution in [1.29, 1.82) is 0 Å². The van der Waals surface area contributed by atoms with Gasteiger partial charge in [-0.25, -0.2) is 9.96 Å². The number of imide groups is 1. The normalized spacial score (nSPS) is 22.0. The van der Waals surface area contributed by atoms with Gasteiger partial charge in [0, 0.05) is 5.02 Å². The molecule has 6 nitrogen and oxygen atoms in total. The molecule has 3 atom stereocenters. The molecule has 0 bridgehead atoms. The van der Waals surface area contributed by atoms with Crippen LogP contribution in [-0.2, 0) is 14.4 Å². The predicted molar refractivity (Wildman–Crippen MR) is 122 cm³/mol. The molecule has 2 heterocycles. The average Bonchev–Trinajstić information content (AvgIpc) is 3.32. The van der Waals surface area contributed by atoms with Gasteiger partial charge in [-0.15, -0.1) is 13.2 Å². The zero-order valence-electron chi connectivity index (χ0n) is 18.2. The molecule has 0 unspecified atom stereocenters. The number of amides is 2. The van der Waals surface area contributed by atoms with Crippen molar-refractivity contribution >= 4 is 34.8 Å². The standard InChI is InChI=1S/C25H18ClF3N2O4/c1-14-18(26)8-5-9-19(14)30-23(32)20-21(15-10-12-17(13-11-15)34-25(27,28)29)31(35-22(20)24(30)33)16-6-3-2-4-7-16/h2-13,20-22H,1H3/t20-,21+,22+/m1/s1. The summed E-state index contributed by atoms with van der Waals surface area (Å²) in [6.07, 6.45) is -5.94. The largest absolute Gasteiger partial charge is 0.573 e. The van der Waals surface area contributed by atoms with Gasteiger partial charge in [0.2, 0.25) is 5.91 Å². The van der Waals surface area contributed by atoms with Crippen LogP contribution in [0.25, 0.3) is 0 Å². The van der Waals surface area contributed by atoms with E-state index in [1.54, 1.807) is 55.5 Å². The lowest BCUT2D eigenvalue weighted by molar-refractivity contribution is -0.274. The van der Waals surface area contributed by atoms with Gasteiger partial charge in [0.05, 0.1) is 17.4 Å². The summed E-state index contributed by atoms with van der Waals surface area (Å²) in [5.74, 6) is -2.35. The number of nitrogens with zero attached hydrogens (tertiary/aromatic N) is 2. The summed E-state index contributed by atoms with van der Waals surface area (Å²) in [7, 11) is 0. The number of ether oxygens (including phenoxy) is 1. The number of rotatable bonds is 4. The Bertz CT molecular complexity index is 1280. The summed E-state index contributed by atoms with van der Waals surface area (Å²) in [6.45, 7) is 1.71. The first kappa shape index (κ1) is 23.2. The number of halogens is 4. The maximum absolute atomic E-state index is 13.7. The molecule has 0 saturated carbocycles. The molecule has 180 valence electrons. The summed E-state index contributed by atoms with van der Waals surface area (Å²) in [5, 5.41) is 1.87. The lowest BCUT2D eigenvalue weighted by Crippen LogP contribution is -2.37. The smallest absolute Gasteiger partial charge is 0.406 e. The third-order valence-corrected chi connectivity index (χ3v) is 6.47. The fourth-order valence-corrected chi connectivity index (χ4v) is 4.66. The van der Waals surface area contributed by atoms with Crippen LogP contribution in [0.2, 0.25) is 5.02 Å². The van der Waals surface area contributed by atoms with Gasteiger partial charge in [0.15, 0.2) is 6.10 Å². The highest BCUT2D eigenvalue weighted by Crippen LogP contribution is 2.48. The predicted octanol–water partition coefficient (Wildman–Crippen LogP) is 5.60. The minimum atomic E-state index is -4.83. The van der Waals surface area contributed by atoms with Gasteiger partial charge in [-0.2, -0.15) is 0 Å². The molecule has 0 spiro atoms. The van der Waals surface area contributed by atoms with Gasteiger partial charge in [0.25, 0.3) is 5.91 Å². The quantitative estimate of drug-likeness (QED) is 0.435. The van der Waals surface area contributed by atoms with Gasteiger partial charge in [0.1, 0.15) is 11.7 Å². The number of anilines is 2. The second kappa shape index (κ2) is 8.58. The number of benzene rings is 3. The summed E-state index contributed by atoms with van der Waals surface area (Å²) >= 11 is 6.22. The monoisotopic (exact) mass is 502 g/mol. The molecule has 0 aliphatic carbocycles. The molecular formula is C25H18ClF3N2O4. The van der Waals surface area contributed by atoms with E-state index in [0.717, 1.165) is 4.90 Å². The van der Waals surface area contributed by atoms with Gasteiger partial charge in [-0.3, -0.25) is 14.4 Å². The van der Waals surface area contributed by atoms with Gasteiger partial charge < -0.3 is 4.74 Å². The number of carbonyl (C=O) groups excluding carboxylic acids is 2. The van der Waals surface area contributed by atoms with Crippen LogP contribution in [-0.4, -0.2) is 24.3 Å². The minimum absolute atomic E-state index is 0.365. The Balaban J connectivity index is 1.55. The Morgan fingerprint density at radius 2 is 1.60 bits per heavy atom. The van der Waals surface area contributed by atoms with Crippen molar-refractivity contribution in [2.45, 2.75) is 25.4 Å². The molecule has 0 aromatic heterocycles. The van der Waals surface area contributed by atoms with Crippen molar-refractivity contribution in [2.24, 2.45) is 5.92 Å². The van der Waals surface area contributed by atoms with Crippen LogP contribution < -0.4 is 14.7 Å². The molecule has 3 aromatic rings. The third kappa shape index (κ3) is 4.11. The second-order valence-electron chi connectivity index (χ2n) is 8.17. The Morgan fingerprint density at radius 1 is 0.914 bits per heavy atom. The summed E-state index contributed by atoms with van der Waals surface area (Å²) in [6, 6.07) is 18.2. The number of hydroxylamine groups is 1. The zero-order valence-corrected chi connectivity index (χ0v) is 19.0. The Labute approximate surface area is 203 Å². The molecule has 2 amide bonds. The van der Waals surface area contributed by atoms with E-state index >= 15 is 0 Å². The molecule has 5 rings (SSSR count). The highest BCUT2D eigenvalue weighted by atomic mass is 35.5. The average molecular weight is 503 g/mol. The number of alkyl halides is 3. The first-order chi connectivity index (χ1) is 16.7. The van der Waals surface area contributed by atoms with Crippen molar-refractivity contribution in [3.05, 3.63) is 88.9 Å². The molecule has 0 N–H and O–H groups in total. The van der Waals surface area contributed by atoms with E-state index < -0.39 is 42.0 Å². The van der Waals surface area contributed by atoms with Crippen LogP contribution in [0.15, 0.2) is 72.8 Å². The number of carbonyl (C=O) groups is 2. The van der Waals surface area contributed by atoms with Crippen LogP contribution in [0.4, 0.5) is 24.5 Å². The van der Waals surface area contributed by atoms with E-state index in [0.29, 0.717) is 27.5 Å². The number of hydrogen-bond donors (Lipinski definition) is 0. The maximum Gasteiger partial charge on any atom is 0.573 e. The summed E-state index contributed by atoms with van der Waals surface area (Å²) in [4.78, 5) is 34.2. The van der Waals surface area contributed by atoms with E-state index in [2.05, 4.69) is 4.74 Å². The van der Waals surface area contributed by atoms with Crippen LogP contribution in [0.3, 0.4) is 0 Å². The lowest BCUT2D eigenvalue weighted by Gasteiger charge is -2.29. The van der Waals surface area contributed by atoms with Crippen molar-refractivity contribution < 1.29 is 32.3 Å². The van der Waals surface area contributed by atoms with Crippen LogP contribution in [0.1, 0.15) is 17.2 Å². The maximum atomic E-state index is 13.7.